The molecule has 3 rings (SSSR count). The molecule has 1 N–H and O–H groups in total. The molecule has 2 atom stereocenters. The third-order valence-electron chi connectivity index (χ3n) is 3.29. The number of ether oxygens (including phenoxy) is 1. The summed E-state index contributed by atoms with van der Waals surface area (Å²) in [6.45, 7) is 4.18. The van der Waals surface area contributed by atoms with Crippen LogP contribution in [-0.4, -0.2) is 18.9 Å². The van der Waals surface area contributed by atoms with Crippen LogP contribution in [0.2, 0.25) is 0 Å². The highest BCUT2D eigenvalue weighted by Crippen LogP contribution is 2.49. The van der Waals surface area contributed by atoms with Gasteiger partial charge in [0.25, 0.3) is 0 Å². The minimum atomic E-state index is 0.106. The van der Waals surface area contributed by atoms with Crippen molar-refractivity contribution in [1.82, 2.24) is 5.32 Å². The van der Waals surface area contributed by atoms with Gasteiger partial charge in [0.2, 0.25) is 0 Å². The van der Waals surface area contributed by atoms with E-state index in [0.717, 1.165) is 18.9 Å². The minimum Gasteiger partial charge on any atom is -0.493 e. The maximum Gasteiger partial charge on any atom is 0.125 e. The molecule has 1 saturated heterocycles. The molecule has 3 heteroatoms. The van der Waals surface area contributed by atoms with Crippen LogP contribution in [-0.2, 0) is 4.87 Å². The van der Waals surface area contributed by atoms with Gasteiger partial charge in [-0.1, -0.05) is 25.1 Å². The first kappa shape index (κ1) is 9.55. The van der Waals surface area contributed by atoms with E-state index in [9.17, 15) is 0 Å². The number of thioether (sulfide) groups is 1. The average molecular weight is 221 g/mol. The van der Waals surface area contributed by atoms with E-state index in [4.69, 9.17) is 4.74 Å². The van der Waals surface area contributed by atoms with Crippen LogP contribution >= 0.6 is 11.8 Å². The van der Waals surface area contributed by atoms with Crippen molar-refractivity contribution < 1.29 is 4.74 Å². The summed E-state index contributed by atoms with van der Waals surface area (Å²) in [6, 6.07) is 8.41. The van der Waals surface area contributed by atoms with Crippen molar-refractivity contribution in [1.29, 1.82) is 0 Å². The summed E-state index contributed by atoms with van der Waals surface area (Å²) in [6.07, 6.45) is 0. The molecule has 0 bridgehead atoms. The van der Waals surface area contributed by atoms with Crippen LogP contribution in [0.25, 0.3) is 0 Å². The number of nitrogens with one attached hydrogen (secondary N) is 1. The molecule has 2 aliphatic rings. The molecule has 1 spiro atoms. The standard InChI is InChI=1S/C12H15NOS/c1-9-8-14-11-5-3-2-4-10(11)12(9)13-6-7-15-12/h2-5,9,13H,6-8H2,1H3. The van der Waals surface area contributed by atoms with Gasteiger partial charge in [0.15, 0.2) is 0 Å². The van der Waals surface area contributed by atoms with Gasteiger partial charge in [-0.05, 0) is 6.07 Å². The molecule has 1 aromatic carbocycles. The van der Waals surface area contributed by atoms with Crippen molar-refractivity contribution in [2.24, 2.45) is 5.92 Å². The van der Waals surface area contributed by atoms with E-state index in [1.54, 1.807) is 0 Å². The van der Waals surface area contributed by atoms with Gasteiger partial charge in [-0.25, -0.2) is 0 Å². The lowest BCUT2D eigenvalue weighted by atomic mass is 9.91. The van der Waals surface area contributed by atoms with Crippen LogP contribution in [0.1, 0.15) is 12.5 Å². The Morgan fingerprint density at radius 2 is 2.33 bits per heavy atom. The highest BCUT2D eigenvalue weighted by molar-refractivity contribution is 8.00. The summed E-state index contributed by atoms with van der Waals surface area (Å²) in [5.41, 5.74) is 1.33. The molecule has 0 radical (unpaired) electrons. The number of hydrogen-bond acceptors (Lipinski definition) is 3. The highest BCUT2D eigenvalue weighted by atomic mass is 32.2. The topological polar surface area (TPSA) is 21.3 Å². The van der Waals surface area contributed by atoms with Crippen molar-refractivity contribution in [3.63, 3.8) is 0 Å². The third kappa shape index (κ3) is 1.30. The highest BCUT2D eigenvalue weighted by Gasteiger charge is 2.45. The van der Waals surface area contributed by atoms with Crippen LogP contribution in [0.5, 0.6) is 5.75 Å². The Labute approximate surface area is 94.4 Å². The monoisotopic (exact) mass is 221 g/mol. The Bertz CT molecular complexity index is 374. The van der Waals surface area contributed by atoms with Gasteiger partial charge in [-0.15, -0.1) is 11.8 Å². The molecule has 1 fully saturated rings. The number of hydrogen-bond donors (Lipinski definition) is 1. The molecule has 1 aromatic rings. The lowest BCUT2D eigenvalue weighted by Gasteiger charge is -2.40. The Hall–Kier alpha value is -0.670. The molecule has 0 amide bonds. The summed E-state index contributed by atoms with van der Waals surface area (Å²) < 4.78 is 5.77. The molecular formula is C12H15NOS. The van der Waals surface area contributed by atoms with Gasteiger partial charge < -0.3 is 4.74 Å². The van der Waals surface area contributed by atoms with Crippen molar-refractivity contribution in [3.05, 3.63) is 29.8 Å². The maximum atomic E-state index is 5.77. The first-order chi connectivity index (χ1) is 7.33. The van der Waals surface area contributed by atoms with Gasteiger partial charge in [-0.3, -0.25) is 5.32 Å². The van der Waals surface area contributed by atoms with Gasteiger partial charge in [0, 0.05) is 23.8 Å². The molecular weight excluding hydrogens is 206 g/mol. The second-order valence-electron chi connectivity index (χ2n) is 4.22. The third-order valence-corrected chi connectivity index (χ3v) is 4.92. The van der Waals surface area contributed by atoms with Crippen molar-refractivity contribution in [2.75, 3.05) is 18.9 Å². The summed E-state index contributed by atoms with van der Waals surface area (Å²) in [5, 5.41) is 3.66. The Kier molecular flexibility index (Phi) is 2.18. The molecule has 0 aliphatic carbocycles. The van der Waals surface area contributed by atoms with E-state index in [-0.39, 0.29) is 4.87 Å². The average Bonchev–Trinajstić information content (AvgIpc) is 2.75. The maximum absolute atomic E-state index is 5.77. The first-order valence-corrected chi connectivity index (χ1v) is 6.43. The Morgan fingerprint density at radius 3 is 3.13 bits per heavy atom. The summed E-state index contributed by atoms with van der Waals surface area (Å²) in [4.78, 5) is 0.106. The zero-order valence-corrected chi connectivity index (χ0v) is 9.64. The van der Waals surface area contributed by atoms with Crippen molar-refractivity contribution in [2.45, 2.75) is 11.8 Å². The Balaban J connectivity index is 2.13. The van der Waals surface area contributed by atoms with E-state index in [2.05, 4.69) is 30.4 Å². The van der Waals surface area contributed by atoms with Gasteiger partial charge in [-0.2, -0.15) is 0 Å². The van der Waals surface area contributed by atoms with Crippen LogP contribution in [0, 0.1) is 5.92 Å². The second-order valence-corrected chi connectivity index (χ2v) is 5.56. The fourth-order valence-corrected chi connectivity index (χ4v) is 3.89. The van der Waals surface area contributed by atoms with Gasteiger partial charge >= 0.3 is 0 Å². The predicted octanol–water partition coefficient (Wildman–Crippen LogP) is 2.20. The molecule has 15 heavy (non-hydrogen) atoms. The van der Waals surface area contributed by atoms with Crippen molar-refractivity contribution in [3.8, 4) is 5.75 Å². The number of para-hydroxylation sites is 1. The SMILES string of the molecule is CC1COc2ccccc2C12NCCS2. The number of benzene rings is 1. The number of rotatable bonds is 0. The second kappa shape index (κ2) is 3.42. The van der Waals surface area contributed by atoms with Crippen molar-refractivity contribution >= 4 is 11.8 Å². The van der Waals surface area contributed by atoms with E-state index >= 15 is 0 Å². The van der Waals surface area contributed by atoms with Crippen LogP contribution < -0.4 is 10.1 Å². The fraction of sp³-hybridized carbons (Fsp3) is 0.500. The smallest absolute Gasteiger partial charge is 0.125 e. The normalized spacial score (nSPS) is 33.8. The van der Waals surface area contributed by atoms with Crippen LogP contribution in [0.4, 0.5) is 0 Å². The molecule has 2 aliphatic heterocycles. The lowest BCUT2D eigenvalue weighted by Crippen LogP contribution is -2.45. The molecule has 2 nitrogen and oxygen atoms in total. The summed E-state index contributed by atoms with van der Waals surface area (Å²) in [5.74, 6) is 2.77. The Morgan fingerprint density at radius 1 is 1.47 bits per heavy atom. The first-order valence-electron chi connectivity index (χ1n) is 5.44. The number of fused-ring (bicyclic) bond motifs is 2. The van der Waals surface area contributed by atoms with E-state index in [1.165, 1.54) is 11.3 Å². The van der Waals surface area contributed by atoms with Gasteiger partial charge in [0.05, 0.1) is 11.5 Å². The van der Waals surface area contributed by atoms with Crippen LogP contribution in [0.15, 0.2) is 24.3 Å². The quantitative estimate of drug-likeness (QED) is 0.725. The zero-order valence-electron chi connectivity index (χ0n) is 8.82. The largest absolute Gasteiger partial charge is 0.493 e. The molecule has 80 valence electrons. The summed E-state index contributed by atoms with van der Waals surface area (Å²) >= 11 is 2.03. The van der Waals surface area contributed by atoms with E-state index in [1.807, 2.05) is 17.8 Å². The summed E-state index contributed by atoms with van der Waals surface area (Å²) in [7, 11) is 0. The molecule has 0 saturated carbocycles. The molecule has 2 unspecified atom stereocenters. The molecule has 0 aromatic heterocycles. The lowest BCUT2D eigenvalue weighted by molar-refractivity contribution is 0.176. The zero-order chi connectivity index (χ0) is 10.3. The minimum absolute atomic E-state index is 0.106. The van der Waals surface area contributed by atoms with E-state index < -0.39 is 0 Å². The van der Waals surface area contributed by atoms with Crippen LogP contribution in [0.3, 0.4) is 0 Å². The molecule has 2 heterocycles. The fourth-order valence-electron chi connectivity index (χ4n) is 2.49. The predicted molar refractivity (Wildman–Crippen MR) is 63.2 cm³/mol. The van der Waals surface area contributed by atoms with Gasteiger partial charge in [0.1, 0.15) is 5.75 Å². The van der Waals surface area contributed by atoms with E-state index in [0.29, 0.717) is 5.92 Å².